The Kier molecular flexibility index (Phi) is 3.29. The predicted molar refractivity (Wildman–Crippen MR) is 77.7 cm³/mol. The van der Waals surface area contributed by atoms with Gasteiger partial charge in [-0.2, -0.15) is 0 Å². The molecule has 0 atom stereocenters. The molecule has 2 aromatic carbocycles. The van der Waals surface area contributed by atoms with E-state index in [1.165, 1.54) is 15.8 Å². The highest BCUT2D eigenvalue weighted by Gasteiger charge is 1.98. The highest BCUT2D eigenvalue weighted by molar-refractivity contribution is 7.98. The summed E-state index contributed by atoms with van der Waals surface area (Å²) in [6, 6.07) is 21.1. The lowest BCUT2D eigenvalue weighted by Crippen LogP contribution is -1.83. The van der Waals surface area contributed by atoms with Gasteiger partial charge in [-0.3, -0.25) is 4.98 Å². The van der Waals surface area contributed by atoms with E-state index in [0.29, 0.717) is 0 Å². The van der Waals surface area contributed by atoms with Crippen LogP contribution in [0.3, 0.4) is 0 Å². The topological polar surface area (TPSA) is 12.9 Å². The molecule has 0 aliphatic carbocycles. The molecule has 0 saturated carbocycles. The van der Waals surface area contributed by atoms with Gasteiger partial charge in [0.2, 0.25) is 0 Å². The van der Waals surface area contributed by atoms with Gasteiger partial charge in [0.05, 0.1) is 5.52 Å². The third-order valence-electron chi connectivity index (χ3n) is 2.82. The van der Waals surface area contributed by atoms with Crippen LogP contribution in [-0.4, -0.2) is 4.98 Å². The van der Waals surface area contributed by atoms with E-state index in [4.69, 9.17) is 0 Å². The molecule has 0 aliphatic rings. The fraction of sp³-hybridized carbons (Fsp3) is 0.0625. The SMILES string of the molecule is c1ccc(SCc2ccc3ncccc3c2)cc1. The largest absolute Gasteiger partial charge is 0.256 e. The molecule has 88 valence electrons. The van der Waals surface area contributed by atoms with Crippen molar-refractivity contribution in [1.29, 1.82) is 0 Å². The number of hydrogen-bond acceptors (Lipinski definition) is 2. The van der Waals surface area contributed by atoms with E-state index in [-0.39, 0.29) is 0 Å². The Hall–Kier alpha value is -1.80. The molecule has 1 aromatic heterocycles. The van der Waals surface area contributed by atoms with Crippen molar-refractivity contribution in [2.45, 2.75) is 10.6 Å². The van der Waals surface area contributed by atoms with Crippen LogP contribution in [0.25, 0.3) is 10.9 Å². The molecular formula is C16H13NS. The summed E-state index contributed by atoms with van der Waals surface area (Å²) in [6.07, 6.45) is 1.83. The van der Waals surface area contributed by atoms with Crippen LogP contribution >= 0.6 is 11.8 Å². The molecule has 3 aromatic rings. The standard InChI is InChI=1S/C16H13NS/c1-2-6-15(7-3-1)18-12-13-8-9-16-14(11-13)5-4-10-17-16/h1-11H,12H2. The molecule has 0 saturated heterocycles. The normalized spacial score (nSPS) is 10.7. The van der Waals surface area contributed by atoms with Crippen LogP contribution in [0.1, 0.15) is 5.56 Å². The number of nitrogens with zero attached hydrogens (tertiary/aromatic N) is 1. The van der Waals surface area contributed by atoms with Crippen molar-refractivity contribution < 1.29 is 0 Å². The van der Waals surface area contributed by atoms with Crippen molar-refractivity contribution in [3.8, 4) is 0 Å². The van der Waals surface area contributed by atoms with Crippen molar-refractivity contribution in [2.75, 3.05) is 0 Å². The fourth-order valence-electron chi connectivity index (χ4n) is 1.90. The lowest BCUT2D eigenvalue weighted by Gasteiger charge is -2.03. The minimum Gasteiger partial charge on any atom is -0.256 e. The highest BCUT2D eigenvalue weighted by Crippen LogP contribution is 2.23. The van der Waals surface area contributed by atoms with E-state index in [9.17, 15) is 0 Å². The summed E-state index contributed by atoms with van der Waals surface area (Å²) in [4.78, 5) is 5.64. The van der Waals surface area contributed by atoms with Crippen molar-refractivity contribution in [2.24, 2.45) is 0 Å². The molecule has 18 heavy (non-hydrogen) atoms. The molecule has 0 fully saturated rings. The Morgan fingerprint density at radius 3 is 2.67 bits per heavy atom. The number of fused-ring (bicyclic) bond motifs is 1. The first-order valence-corrected chi connectivity index (χ1v) is 6.92. The summed E-state index contributed by atoms with van der Waals surface area (Å²) in [5, 5.41) is 1.21. The minimum absolute atomic E-state index is 0.995. The maximum Gasteiger partial charge on any atom is 0.0702 e. The third-order valence-corrected chi connectivity index (χ3v) is 3.90. The number of thioether (sulfide) groups is 1. The zero-order valence-corrected chi connectivity index (χ0v) is 10.7. The molecule has 3 rings (SSSR count). The van der Waals surface area contributed by atoms with E-state index in [2.05, 4.69) is 53.5 Å². The zero-order chi connectivity index (χ0) is 12.2. The molecule has 0 aliphatic heterocycles. The van der Waals surface area contributed by atoms with Gasteiger partial charge in [0.15, 0.2) is 0 Å². The molecule has 2 heteroatoms. The summed E-state index contributed by atoms with van der Waals surface area (Å²) in [5.74, 6) is 0.995. The summed E-state index contributed by atoms with van der Waals surface area (Å²) in [5.41, 5.74) is 2.40. The van der Waals surface area contributed by atoms with Crippen LogP contribution in [0.4, 0.5) is 0 Å². The molecule has 0 spiro atoms. The number of rotatable bonds is 3. The molecule has 0 N–H and O–H groups in total. The molecule has 1 nitrogen and oxygen atoms in total. The van der Waals surface area contributed by atoms with Gasteiger partial charge in [-0.1, -0.05) is 30.3 Å². The van der Waals surface area contributed by atoms with Crippen molar-refractivity contribution in [3.63, 3.8) is 0 Å². The molecule has 0 radical (unpaired) electrons. The summed E-state index contributed by atoms with van der Waals surface area (Å²) >= 11 is 1.86. The minimum atomic E-state index is 0.995. The average molecular weight is 251 g/mol. The summed E-state index contributed by atoms with van der Waals surface area (Å²) in [7, 11) is 0. The number of benzene rings is 2. The monoisotopic (exact) mass is 251 g/mol. The van der Waals surface area contributed by atoms with Crippen LogP contribution in [0.15, 0.2) is 71.8 Å². The maximum absolute atomic E-state index is 4.33. The molecular weight excluding hydrogens is 238 g/mol. The quantitative estimate of drug-likeness (QED) is 0.634. The molecule has 0 unspecified atom stereocenters. The van der Waals surface area contributed by atoms with Gasteiger partial charge in [0.1, 0.15) is 0 Å². The van der Waals surface area contributed by atoms with Crippen LogP contribution < -0.4 is 0 Å². The van der Waals surface area contributed by atoms with Gasteiger partial charge in [-0.15, -0.1) is 11.8 Å². The van der Waals surface area contributed by atoms with E-state index >= 15 is 0 Å². The van der Waals surface area contributed by atoms with Crippen molar-refractivity contribution in [1.82, 2.24) is 4.98 Å². The zero-order valence-electron chi connectivity index (χ0n) is 9.91. The van der Waals surface area contributed by atoms with Crippen molar-refractivity contribution >= 4 is 22.7 Å². The van der Waals surface area contributed by atoms with Gasteiger partial charge in [-0.05, 0) is 35.9 Å². The smallest absolute Gasteiger partial charge is 0.0702 e. The molecule has 0 bridgehead atoms. The second-order valence-electron chi connectivity index (χ2n) is 4.13. The lowest BCUT2D eigenvalue weighted by atomic mass is 10.1. The van der Waals surface area contributed by atoms with E-state index < -0.39 is 0 Å². The van der Waals surface area contributed by atoms with Crippen molar-refractivity contribution in [3.05, 3.63) is 72.4 Å². The Morgan fingerprint density at radius 2 is 1.78 bits per heavy atom. The van der Waals surface area contributed by atoms with Gasteiger partial charge in [0.25, 0.3) is 0 Å². The first kappa shape index (κ1) is 11.3. The number of aromatic nitrogens is 1. The second-order valence-corrected chi connectivity index (χ2v) is 5.18. The maximum atomic E-state index is 4.33. The molecule has 0 amide bonds. The fourth-order valence-corrected chi connectivity index (χ4v) is 2.76. The Bertz CT molecular complexity index is 649. The Labute approximate surface area is 111 Å². The third kappa shape index (κ3) is 2.54. The van der Waals surface area contributed by atoms with Crippen LogP contribution in [0, 0.1) is 0 Å². The van der Waals surface area contributed by atoms with Crippen LogP contribution in [0.2, 0.25) is 0 Å². The summed E-state index contributed by atoms with van der Waals surface area (Å²) < 4.78 is 0. The van der Waals surface area contributed by atoms with E-state index in [0.717, 1.165) is 11.3 Å². The van der Waals surface area contributed by atoms with Crippen LogP contribution in [-0.2, 0) is 5.75 Å². The number of hydrogen-bond donors (Lipinski definition) is 0. The van der Waals surface area contributed by atoms with Gasteiger partial charge in [-0.25, -0.2) is 0 Å². The van der Waals surface area contributed by atoms with Crippen LogP contribution in [0.5, 0.6) is 0 Å². The Morgan fingerprint density at radius 1 is 0.889 bits per heavy atom. The van der Waals surface area contributed by atoms with E-state index in [1.807, 2.05) is 30.1 Å². The first-order chi connectivity index (χ1) is 8.92. The van der Waals surface area contributed by atoms with Gasteiger partial charge < -0.3 is 0 Å². The molecule has 1 heterocycles. The predicted octanol–water partition coefficient (Wildman–Crippen LogP) is 4.53. The lowest BCUT2D eigenvalue weighted by molar-refractivity contribution is 1.37. The highest BCUT2D eigenvalue weighted by atomic mass is 32.2. The Balaban J connectivity index is 1.79. The van der Waals surface area contributed by atoms with Gasteiger partial charge >= 0.3 is 0 Å². The number of pyridine rings is 1. The summed E-state index contributed by atoms with van der Waals surface area (Å²) in [6.45, 7) is 0. The van der Waals surface area contributed by atoms with Gasteiger partial charge in [0, 0.05) is 22.2 Å². The second kappa shape index (κ2) is 5.23. The average Bonchev–Trinajstić information content (AvgIpc) is 2.46. The van der Waals surface area contributed by atoms with E-state index in [1.54, 1.807) is 0 Å². The first-order valence-electron chi connectivity index (χ1n) is 5.93.